The summed E-state index contributed by atoms with van der Waals surface area (Å²) >= 11 is 0. The van der Waals surface area contributed by atoms with Crippen LogP contribution in [-0.4, -0.2) is 17.2 Å². The molecule has 0 fully saturated rings. The fourth-order valence-corrected chi connectivity index (χ4v) is 2.03. The molecular weight excluding hydrogens is 292 g/mol. The Morgan fingerprint density at radius 2 is 1.74 bits per heavy atom. The quantitative estimate of drug-likeness (QED) is 0.573. The third kappa shape index (κ3) is 3.47. The van der Waals surface area contributed by atoms with Crippen molar-refractivity contribution in [2.45, 2.75) is 0 Å². The van der Waals surface area contributed by atoms with Gasteiger partial charge < -0.3 is 9.52 Å². The summed E-state index contributed by atoms with van der Waals surface area (Å²) in [6.45, 7) is 0. The van der Waals surface area contributed by atoms with Crippen molar-refractivity contribution in [2.75, 3.05) is 0 Å². The first-order valence-corrected chi connectivity index (χ1v) is 7.01. The molecular formula is C18H14N2O3. The van der Waals surface area contributed by atoms with E-state index >= 15 is 0 Å². The number of carbonyl (C=O) groups excluding carboxylic acids is 1. The number of furan rings is 1. The molecule has 1 heterocycles. The van der Waals surface area contributed by atoms with E-state index in [4.69, 9.17) is 4.42 Å². The molecule has 23 heavy (non-hydrogen) atoms. The van der Waals surface area contributed by atoms with E-state index in [9.17, 15) is 9.90 Å². The number of hydrogen-bond donors (Lipinski definition) is 2. The van der Waals surface area contributed by atoms with Crippen LogP contribution in [0.5, 0.6) is 5.75 Å². The number of aromatic hydroxyl groups is 1. The standard InChI is InChI=1S/C18H14N2O3/c21-15-9-5-4-8-14(15)12-19-20-18(22)17-11-10-16(23-17)13-6-2-1-3-7-13/h1-12,21H,(H,20,22)/b19-12-. The number of phenolic OH excluding ortho intramolecular Hbond substituents is 1. The van der Waals surface area contributed by atoms with Gasteiger partial charge in [-0.2, -0.15) is 5.10 Å². The Morgan fingerprint density at radius 1 is 1.00 bits per heavy atom. The molecule has 0 atom stereocenters. The molecule has 0 saturated carbocycles. The SMILES string of the molecule is O=C(N/N=C\c1ccccc1O)c1ccc(-c2ccccc2)o1. The van der Waals surface area contributed by atoms with E-state index in [0.29, 0.717) is 11.3 Å². The van der Waals surface area contributed by atoms with Gasteiger partial charge in [-0.05, 0) is 24.3 Å². The molecule has 1 aromatic heterocycles. The minimum atomic E-state index is -0.459. The summed E-state index contributed by atoms with van der Waals surface area (Å²) in [6, 6.07) is 19.5. The van der Waals surface area contributed by atoms with Crippen molar-refractivity contribution in [3.05, 3.63) is 78.1 Å². The monoisotopic (exact) mass is 306 g/mol. The topological polar surface area (TPSA) is 74.8 Å². The second-order valence-electron chi connectivity index (χ2n) is 4.79. The highest BCUT2D eigenvalue weighted by molar-refractivity contribution is 5.93. The zero-order chi connectivity index (χ0) is 16.1. The summed E-state index contributed by atoms with van der Waals surface area (Å²) in [7, 11) is 0. The molecule has 0 unspecified atom stereocenters. The van der Waals surface area contributed by atoms with Crippen LogP contribution in [0.1, 0.15) is 16.1 Å². The van der Waals surface area contributed by atoms with Gasteiger partial charge in [0.1, 0.15) is 11.5 Å². The van der Waals surface area contributed by atoms with Gasteiger partial charge in [-0.1, -0.05) is 42.5 Å². The zero-order valence-corrected chi connectivity index (χ0v) is 12.1. The summed E-state index contributed by atoms with van der Waals surface area (Å²) in [4.78, 5) is 12.0. The number of para-hydroxylation sites is 1. The summed E-state index contributed by atoms with van der Waals surface area (Å²) in [5.41, 5.74) is 3.77. The molecule has 0 aliphatic rings. The molecule has 0 radical (unpaired) electrons. The van der Waals surface area contributed by atoms with E-state index < -0.39 is 5.91 Å². The van der Waals surface area contributed by atoms with Crippen molar-refractivity contribution in [1.29, 1.82) is 0 Å². The van der Waals surface area contributed by atoms with Gasteiger partial charge in [0.05, 0.1) is 6.21 Å². The largest absolute Gasteiger partial charge is 0.507 e. The minimum Gasteiger partial charge on any atom is -0.507 e. The number of carbonyl (C=O) groups is 1. The van der Waals surface area contributed by atoms with Gasteiger partial charge in [0, 0.05) is 11.1 Å². The third-order valence-corrected chi connectivity index (χ3v) is 3.19. The molecule has 0 spiro atoms. The van der Waals surface area contributed by atoms with Crippen LogP contribution < -0.4 is 5.43 Å². The van der Waals surface area contributed by atoms with Crippen LogP contribution in [-0.2, 0) is 0 Å². The lowest BCUT2D eigenvalue weighted by molar-refractivity contribution is 0.0928. The zero-order valence-electron chi connectivity index (χ0n) is 12.1. The lowest BCUT2D eigenvalue weighted by Crippen LogP contribution is -2.16. The van der Waals surface area contributed by atoms with E-state index in [1.54, 1.807) is 36.4 Å². The molecule has 5 heteroatoms. The van der Waals surface area contributed by atoms with Gasteiger partial charge in [-0.15, -0.1) is 0 Å². The Balaban J connectivity index is 1.68. The van der Waals surface area contributed by atoms with Crippen LogP contribution in [0.4, 0.5) is 0 Å². The van der Waals surface area contributed by atoms with Crippen molar-refractivity contribution in [3.63, 3.8) is 0 Å². The average Bonchev–Trinajstić information content (AvgIpc) is 3.07. The number of rotatable bonds is 4. The molecule has 114 valence electrons. The average molecular weight is 306 g/mol. The highest BCUT2D eigenvalue weighted by Crippen LogP contribution is 2.21. The van der Waals surface area contributed by atoms with Crippen molar-refractivity contribution in [3.8, 4) is 17.1 Å². The van der Waals surface area contributed by atoms with E-state index in [0.717, 1.165) is 5.56 Å². The van der Waals surface area contributed by atoms with Crippen LogP contribution in [0.15, 0.2) is 76.2 Å². The summed E-state index contributed by atoms with van der Waals surface area (Å²) in [5, 5.41) is 13.4. The van der Waals surface area contributed by atoms with Crippen LogP contribution in [0.25, 0.3) is 11.3 Å². The maximum atomic E-state index is 12.0. The number of nitrogens with one attached hydrogen (secondary N) is 1. The number of phenols is 1. The van der Waals surface area contributed by atoms with Gasteiger partial charge >= 0.3 is 5.91 Å². The van der Waals surface area contributed by atoms with Gasteiger partial charge in [-0.25, -0.2) is 5.43 Å². The molecule has 0 bridgehead atoms. The van der Waals surface area contributed by atoms with Crippen molar-refractivity contribution in [2.24, 2.45) is 5.10 Å². The Morgan fingerprint density at radius 3 is 2.52 bits per heavy atom. The number of nitrogens with zero attached hydrogens (tertiary/aromatic N) is 1. The molecule has 3 aromatic rings. The molecule has 2 aromatic carbocycles. The first-order chi connectivity index (χ1) is 11.2. The highest BCUT2D eigenvalue weighted by atomic mass is 16.4. The fraction of sp³-hybridized carbons (Fsp3) is 0. The van der Waals surface area contributed by atoms with E-state index in [1.165, 1.54) is 6.21 Å². The lowest BCUT2D eigenvalue weighted by atomic mass is 10.2. The first-order valence-electron chi connectivity index (χ1n) is 7.01. The Bertz CT molecular complexity index is 838. The maximum absolute atomic E-state index is 12.0. The Hall–Kier alpha value is -3.34. The third-order valence-electron chi connectivity index (χ3n) is 3.19. The second-order valence-corrected chi connectivity index (χ2v) is 4.79. The maximum Gasteiger partial charge on any atom is 0.307 e. The summed E-state index contributed by atoms with van der Waals surface area (Å²) in [6.07, 6.45) is 1.37. The number of amides is 1. The summed E-state index contributed by atoms with van der Waals surface area (Å²) < 4.78 is 5.52. The normalized spacial score (nSPS) is 10.8. The first kappa shape index (κ1) is 14.6. The molecule has 5 nitrogen and oxygen atoms in total. The van der Waals surface area contributed by atoms with Crippen LogP contribution in [0.3, 0.4) is 0 Å². The molecule has 3 rings (SSSR count). The molecule has 2 N–H and O–H groups in total. The molecule has 1 amide bonds. The predicted molar refractivity (Wildman–Crippen MR) is 87.3 cm³/mol. The van der Waals surface area contributed by atoms with Gasteiger partial charge in [-0.3, -0.25) is 4.79 Å². The van der Waals surface area contributed by atoms with Crippen LogP contribution in [0.2, 0.25) is 0 Å². The van der Waals surface area contributed by atoms with Crippen molar-refractivity contribution < 1.29 is 14.3 Å². The number of hydrazone groups is 1. The fourth-order valence-electron chi connectivity index (χ4n) is 2.03. The summed E-state index contributed by atoms with van der Waals surface area (Å²) in [5.74, 6) is 0.410. The second kappa shape index (κ2) is 6.62. The van der Waals surface area contributed by atoms with Crippen LogP contribution >= 0.6 is 0 Å². The molecule has 0 aliphatic carbocycles. The number of hydrogen-bond acceptors (Lipinski definition) is 4. The number of benzene rings is 2. The van der Waals surface area contributed by atoms with Crippen molar-refractivity contribution >= 4 is 12.1 Å². The molecule has 0 aliphatic heterocycles. The smallest absolute Gasteiger partial charge is 0.307 e. The van der Waals surface area contributed by atoms with Crippen molar-refractivity contribution in [1.82, 2.24) is 5.43 Å². The molecule has 0 saturated heterocycles. The Kier molecular flexibility index (Phi) is 4.20. The Labute approximate surface area is 132 Å². The highest BCUT2D eigenvalue weighted by Gasteiger charge is 2.11. The lowest BCUT2D eigenvalue weighted by Gasteiger charge is -1.98. The van der Waals surface area contributed by atoms with E-state index in [1.807, 2.05) is 30.3 Å². The minimum absolute atomic E-state index is 0.0925. The van der Waals surface area contributed by atoms with Gasteiger partial charge in [0.25, 0.3) is 0 Å². The predicted octanol–water partition coefficient (Wildman–Crippen LogP) is 3.42. The van der Waals surface area contributed by atoms with E-state index in [-0.39, 0.29) is 11.5 Å². The van der Waals surface area contributed by atoms with E-state index in [2.05, 4.69) is 10.5 Å². The van der Waals surface area contributed by atoms with Gasteiger partial charge in [0.2, 0.25) is 0 Å². The van der Waals surface area contributed by atoms with Crippen LogP contribution in [0, 0.1) is 0 Å². The van der Waals surface area contributed by atoms with Gasteiger partial charge in [0.15, 0.2) is 5.76 Å².